The lowest BCUT2D eigenvalue weighted by molar-refractivity contribution is 0.467. The second-order valence-corrected chi connectivity index (χ2v) is 16.2. The monoisotopic (exact) mass is 768 g/mol. The van der Waals surface area contributed by atoms with Gasteiger partial charge in [-0.2, -0.15) is 0 Å². The van der Waals surface area contributed by atoms with Gasteiger partial charge >= 0.3 is 0 Å². The molecule has 284 valence electrons. The summed E-state index contributed by atoms with van der Waals surface area (Å²) < 4.78 is 14.3. The van der Waals surface area contributed by atoms with Crippen LogP contribution in [-0.4, -0.2) is 6.71 Å². The van der Waals surface area contributed by atoms with Crippen molar-refractivity contribution >= 4 is 23.1 Å². The molecule has 11 rings (SSSR count). The van der Waals surface area contributed by atoms with Crippen molar-refractivity contribution in [1.29, 1.82) is 0 Å². The minimum atomic E-state index is -0.0906. The molecule has 0 radical (unpaired) electrons. The minimum Gasteiger partial charge on any atom is -0.458 e. The molecule has 0 aliphatic carbocycles. The Morgan fingerprint density at radius 3 is 1.08 bits per heavy atom. The van der Waals surface area contributed by atoms with Crippen LogP contribution in [0.4, 0.5) is 0 Å². The first-order valence-corrected chi connectivity index (χ1v) is 20.8. The molecule has 3 heteroatoms. The van der Waals surface area contributed by atoms with Crippen LogP contribution in [0.2, 0.25) is 0 Å². The first kappa shape index (κ1) is 35.8. The Bertz CT molecular complexity index is 3070. The number of hydrogen-bond acceptors (Lipinski definition) is 2. The van der Waals surface area contributed by atoms with Crippen molar-refractivity contribution in [2.24, 2.45) is 0 Å². The summed E-state index contributed by atoms with van der Waals surface area (Å²) in [5.74, 6) is 3.41. The number of benzene rings is 9. The van der Waals surface area contributed by atoms with Gasteiger partial charge in [-0.3, -0.25) is 0 Å². The highest BCUT2D eigenvalue weighted by Gasteiger charge is 2.42. The molecule has 0 atom stereocenters. The van der Waals surface area contributed by atoms with E-state index < -0.39 is 0 Å². The van der Waals surface area contributed by atoms with E-state index in [2.05, 4.69) is 215 Å². The van der Waals surface area contributed by atoms with Crippen molar-refractivity contribution in [2.75, 3.05) is 0 Å². The van der Waals surface area contributed by atoms with Crippen LogP contribution in [-0.2, 0) is 0 Å². The molecule has 2 aliphatic heterocycles. The molecule has 0 spiro atoms. The van der Waals surface area contributed by atoms with E-state index in [1.165, 1.54) is 33.4 Å². The van der Waals surface area contributed by atoms with Crippen molar-refractivity contribution in [3.63, 3.8) is 0 Å². The molecule has 0 amide bonds. The zero-order valence-electron chi connectivity index (χ0n) is 33.9. The smallest absolute Gasteiger partial charge is 0.260 e. The molecule has 60 heavy (non-hydrogen) atoms. The molecule has 9 aromatic carbocycles. The Balaban J connectivity index is 1.25. The van der Waals surface area contributed by atoms with E-state index in [1.54, 1.807) is 0 Å². The van der Waals surface area contributed by atoms with Gasteiger partial charge in [0.05, 0.1) is 0 Å². The van der Waals surface area contributed by atoms with Crippen molar-refractivity contribution in [3.05, 3.63) is 211 Å². The van der Waals surface area contributed by atoms with Gasteiger partial charge in [0.15, 0.2) is 0 Å². The Morgan fingerprint density at radius 2 is 0.650 bits per heavy atom. The Labute approximate surface area is 352 Å². The molecule has 0 unspecified atom stereocenters. The SMILES string of the molecule is Cc1ccccc1-c1cc(-c2ccccc2)cc(-c2cc(-c3cc(-c4ccccc4C)cc(-c4ccccc4C)c3)c3c4c2Oc2ccccc2B4c2ccccc2O3)c1. The molecule has 2 nitrogen and oxygen atoms in total. The number of ether oxygens (including phenoxy) is 2. The number of rotatable bonds is 6. The summed E-state index contributed by atoms with van der Waals surface area (Å²) in [5, 5.41) is 0. The van der Waals surface area contributed by atoms with Gasteiger partial charge in [-0.05, 0) is 159 Å². The van der Waals surface area contributed by atoms with Gasteiger partial charge in [0.1, 0.15) is 23.0 Å². The normalized spacial score (nSPS) is 12.2. The highest BCUT2D eigenvalue weighted by molar-refractivity contribution is 6.98. The fourth-order valence-corrected chi connectivity index (χ4v) is 9.42. The highest BCUT2D eigenvalue weighted by Crippen LogP contribution is 2.48. The predicted molar refractivity (Wildman–Crippen MR) is 251 cm³/mol. The van der Waals surface area contributed by atoms with Crippen molar-refractivity contribution < 1.29 is 9.47 Å². The summed E-state index contributed by atoms with van der Waals surface area (Å²) in [7, 11) is 0. The molecular weight excluding hydrogens is 727 g/mol. The van der Waals surface area contributed by atoms with Crippen LogP contribution in [0.25, 0.3) is 66.8 Å². The summed E-state index contributed by atoms with van der Waals surface area (Å²) in [4.78, 5) is 0. The van der Waals surface area contributed by atoms with Crippen LogP contribution in [0.15, 0.2) is 194 Å². The third-order valence-electron chi connectivity index (χ3n) is 12.4. The van der Waals surface area contributed by atoms with Crippen molar-refractivity contribution in [3.8, 4) is 89.8 Å². The average Bonchev–Trinajstić information content (AvgIpc) is 3.29. The third-order valence-corrected chi connectivity index (χ3v) is 12.4. The van der Waals surface area contributed by atoms with Gasteiger partial charge in [-0.1, -0.05) is 140 Å². The highest BCUT2D eigenvalue weighted by atomic mass is 16.5. The van der Waals surface area contributed by atoms with E-state index >= 15 is 0 Å². The lowest BCUT2D eigenvalue weighted by Crippen LogP contribution is -2.57. The van der Waals surface area contributed by atoms with E-state index in [0.29, 0.717) is 0 Å². The minimum absolute atomic E-state index is 0.0906. The van der Waals surface area contributed by atoms with Crippen molar-refractivity contribution in [1.82, 2.24) is 0 Å². The third kappa shape index (κ3) is 6.05. The molecular formula is C57H41BO2. The molecule has 0 saturated heterocycles. The van der Waals surface area contributed by atoms with Crippen LogP contribution in [0.1, 0.15) is 16.7 Å². The maximum absolute atomic E-state index is 7.18. The fourth-order valence-electron chi connectivity index (χ4n) is 9.42. The number of aryl methyl sites for hydroxylation is 3. The molecule has 0 fully saturated rings. The summed E-state index contributed by atoms with van der Waals surface area (Å²) in [5.41, 5.74) is 20.7. The van der Waals surface area contributed by atoms with Gasteiger partial charge in [0.2, 0.25) is 0 Å². The zero-order chi connectivity index (χ0) is 40.3. The molecule has 0 aromatic heterocycles. The van der Waals surface area contributed by atoms with Crippen LogP contribution >= 0.6 is 0 Å². The van der Waals surface area contributed by atoms with Crippen LogP contribution in [0, 0.1) is 20.8 Å². The summed E-state index contributed by atoms with van der Waals surface area (Å²) in [6.45, 7) is 6.49. The maximum Gasteiger partial charge on any atom is 0.260 e. The van der Waals surface area contributed by atoms with E-state index in [-0.39, 0.29) is 6.71 Å². The topological polar surface area (TPSA) is 18.5 Å². The largest absolute Gasteiger partial charge is 0.458 e. The van der Waals surface area contributed by atoms with E-state index in [4.69, 9.17) is 9.47 Å². The maximum atomic E-state index is 7.18. The quantitative estimate of drug-likeness (QED) is 0.157. The molecule has 0 saturated carbocycles. The Morgan fingerprint density at radius 1 is 0.300 bits per heavy atom. The van der Waals surface area contributed by atoms with E-state index in [0.717, 1.165) is 89.5 Å². The van der Waals surface area contributed by atoms with Crippen LogP contribution in [0.5, 0.6) is 23.0 Å². The van der Waals surface area contributed by atoms with Crippen LogP contribution < -0.4 is 25.9 Å². The fraction of sp³-hybridized carbons (Fsp3) is 0.0526. The first-order valence-electron chi connectivity index (χ1n) is 20.8. The molecule has 0 N–H and O–H groups in total. The van der Waals surface area contributed by atoms with E-state index in [1.807, 2.05) is 0 Å². The van der Waals surface area contributed by atoms with Gasteiger partial charge in [0.25, 0.3) is 6.71 Å². The predicted octanol–water partition coefficient (Wildman–Crippen LogP) is 13.3. The number of fused-ring (bicyclic) bond motifs is 4. The van der Waals surface area contributed by atoms with Gasteiger partial charge in [0, 0.05) is 16.6 Å². The Hall–Kier alpha value is -7.36. The lowest BCUT2D eigenvalue weighted by atomic mass is 9.34. The average molecular weight is 769 g/mol. The summed E-state index contributed by atoms with van der Waals surface area (Å²) >= 11 is 0. The molecule has 2 heterocycles. The zero-order valence-corrected chi connectivity index (χ0v) is 33.9. The summed E-state index contributed by atoms with van der Waals surface area (Å²) in [6, 6.07) is 70.1. The van der Waals surface area contributed by atoms with Crippen LogP contribution in [0.3, 0.4) is 0 Å². The van der Waals surface area contributed by atoms with Gasteiger partial charge < -0.3 is 9.47 Å². The standard InChI is InChI=1S/C57H41BO2/c1-36-17-7-10-22-46(36)41-29-40(39-20-5-4-6-21-39)30-44(32-41)49-35-50(45-33-42(47-23-11-8-18-37(47)2)31-43(34-45)48-24-12-9-19-38(48)3)57-55-56(49)59-53-27-15-13-25-51(53)58(55)52-26-14-16-28-54(52)60-57/h4-35H,1-3H3. The number of hydrogen-bond donors (Lipinski definition) is 0. The second-order valence-electron chi connectivity index (χ2n) is 16.2. The van der Waals surface area contributed by atoms with Gasteiger partial charge in [-0.25, -0.2) is 0 Å². The molecule has 9 aromatic rings. The molecule has 2 aliphatic rings. The lowest BCUT2D eigenvalue weighted by Gasteiger charge is -2.35. The first-order chi connectivity index (χ1) is 29.5. The Kier molecular flexibility index (Phi) is 8.64. The molecule has 0 bridgehead atoms. The van der Waals surface area contributed by atoms with Gasteiger partial charge in [-0.15, -0.1) is 0 Å². The second kappa shape index (κ2) is 14.5. The summed E-state index contributed by atoms with van der Waals surface area (Å²) in [6.07, 6.45) is 0. The van der Waals surface area contributed by atoms with Crippen molar-refractivity contribution in [2.45, 2.75) is 20.8 Å². The van der Waals surface area contributed by atoms with E-state index in [9.17, 15) is 0 Å². The number of para-hydroxylation sites is 2.